The first-order valence-corrected chi connectivity index (χ1v) is 11.7. The normalized spacial score (nSPS) is 14.7. The van der Waals surface area contributed by atoms with Crippen LogP contribution in [-0.2, 0) is 4.74 Å². The van der Waals surface area contributed by atoms with Gasteiger partial charge in [0.25, 0.3) is 5.91 Å². The number of amides is 1. The van der Waals surface area contributed by atoms with Crippen molar-refractivity contribution in [2.24, 2.45) is 0 Å². The number of ether oxygens (including phenoxy) is 1. The van der Waals surface area contributed by atoms with Crippen LogP contribution in [0.1, 0.15) is 16.8 Å². The van der Waals surface area contributed by atoms with Crippen molar-refractivity contribution >= 4 is 60.7 Å². The SMILES string of the molecule is O=C(NCCCN1CCOCC1)c1c(Nc2ccc(I)cc2F)sc2ncccc12. The molecule has 0 bridgehead atoms. The summed E-state index contributed by atoms with van der Waals surface area (Å²) in [6.45, 7) is 4.91. The standard InChI is InChI=1S/C21H22FIN4O2S/c22-16-13-14(23)4-5-17(16)26-21-18(15-3-1-6-25-20(15)30-21)19(28)24-7-2-8-27-9-11-29-12-10-27/h1,3-6,13,26H,2,7-12H2,(H,24,28). The summed E-state index contributed by atoms with van der Waals surface area (Å²) in [5.41, 5.74) is 0.843. The van der Waals surface area contributed by atoms with Crippen LogP contribution >= 0.6 is 33.9 Å². The van der Waals surface area contributed by atoms with Gasteiger partial charge in [0, 0.05) is 34.8 Å². The lowest BCUT2D eigenvalue weighted by Gasteiger charge is -2.26. The number of benzene rings is 1. The van der Waals surface area contributed by atoms with E-state index in [0.717, 1.165) is 53.1 Å². The van der Waals surface area contributed by atoms with E-state index >= 15 is 0 Å². The van der Waals surface area contributed by atoms with Crippen molar-refractivity contribution in [1.82, 2.24) is 15.2 Å². The van der Waals surface area contributed by atoms with E-state index in [9.17, 15) is 9.18 Å². The number of nitrogens with zero attached hydrogens (tertiary/aromatic N) is 2. The minimum absolute atomic E-state index is 0.176. The largest absolute Gasteiger partial charge is 0.379 e. The molecule has 2 aromatic heterocycles. The number of hydrogen-bond donors (Lipinski definition) is 2. The minimum Gasteiger partial charge on any atom is -0.379 e. The van der Waals surface area contributed by atoms with Gasteiger partial charge in [0.2, 0.25) is 0 Å². The van der Waals surface area contributed by atoms with Gasteiger partial charge in [0.05, 0.1) is 24.5 Å². The highest BCUT2D eigenvalue weighted by molar-refractivity contribution is 14.1. The van der Waals surface area contributed by atoms with Gasteiger partial charge in [-0.1, -0.05) is 11.3 Å². The van der Waals surface area contributed by atoms with Crippen molar-refractivity contribution in [2.75, 3.05) is 44.7 Å². The first kappa shape index (κ1) is 21.4. The number of morpholine rings is 1. The van der Waals surface area contributed by atoms with Gasteiger partial charge in [-0.3, -0.25) is 9.69 Å². The maximum Gasteiger partial charge on any atom is 0.254 e. The average molecular weight is 540 g/mol. The predicted octanol–water partition coefficient (Wildman–Crippen LogP) is 4.24. The van der Waals surface area contributed by atoms with Crippen LogP contribution < -0.4 is 10.6 Å². The Balaban J connectivity index is 1.48. The Morgan fingerprint density at radius 2 is 2.13 bits per heavy atom. The second-order valence-electron chi connectivity index (χ2n) is 6.97. The molecule has 1 fully saturated rings. The minimum atomic E-state index is -0.357. The molecule has 0 atom stereocenters. The number of halogens is 2. The van der Waals surface area contributed by atoms with Crippen LogP contribution in [0.5, 0.6) is 0 Å². The third kappa shape index (κ3) is 5.08. The number of carbonyl (C=O) groups excluding carboxylic acids is 1. The lowest BCUT2D eigenvalue weighted by atomic mass is 10.2. The van der Waals surface area contributed by atoms with Crippen LogP contribution in [0.4, 0.5) is 15.1 Å². The van der Waals surface area contributed by atoms with Crippen LogP contribution in [0, 0.1) is 9.39 Å². The Labute approximate surface area is 192 Å². The van der Waals surface area contributed by atoms with Gasteiger partial charge in [-0.15, -0.1) is 0 Å². The number of fused-ring (bicyclic) bond motifs is 1. The molecular weight excluding hydrogens is 518 g/mol. The zero-order chi connectivity index (χ0) is 20.9. The monoisotopic (exact) mass is 540 g/mol. The Morgan fingerprint density at radius 1 is 1.30 bits per heavy atom. The van der Waals surface area contributed by atoms with E-state index in [4.69, 9.17) is 4.74 Å². The molecule has 3 aromatic rings. The molecule has 2 N–H and O–H groups in total. The first-order valence-electron chi connectivity index (χ1n) is 9.80. The maximum absolute atomic E-state index is 14.4. The molecule has 158 valence electrons. The van der Waals surface area contributed by atoms with Gasteiger partial charge >= 0.3 is 0 Å². The molecule has 1 aliphatic heterocycles. The maximum atomic E-state index is 14.4. The van der Waals surface area contributed by atoms with Gasteiger partial charge in [-0.05, 0) is 65.9 Å². The Hall–Kier alpha value is -1.82. The highest BCUT2D eigenvalue weighted by Crippen LogP contribution is 2.36. The van der Waals surface area contributed by atoms with E-state index in [1.54, 1.807) is 18.3 Å². The summed E-state index contributed by atoms with van der Waals surface area (Å²) < 4.78 is 20.5. The number of anilines is 2. The van der Waals surface area contributed by atoms with Crippen LogP contribution in [0.2, 0.25) is 0 Å². The van der Waals surface area contributed by atoms with Gasteiger partial charge in [-0.2, -0.15) is 0 Å². The Bertz CT molecular complexity index is 1040. The molecule has 0 aliphatic carbocycles. The summed E-state index contributed by atoms with van der Waals surface area (Å²) in [6, 6.07) is 8.64. The number of carbonyl (C=O) groups is 1. The predicted molar refractivity (Wildman–Crippen MR) is 126 cm³/mol. The fourth-order valence-electron chi connectivity index (χ4n) is 3.38. The third-order valence-corrected chi connectivity index (χ3v) is 6.61. The van der Waals surface area contributed by atoms with E-state index in [0.29, 0.717) is 22.8 Å². The van der Waals surface area contributed by atoms with Crippen LogP contribution in [0.3, 0.4) is 0 Å². The second kappa shape index (κ2) is 9.99. The van der Waals surface area contributed by atoms with Gasteiger partial charge < -0.3 is 15.4 Å². The summed E-state index contributed by atoms with van der Waals surface area (Å²) in [4.78, 5) is 20.5. The van der Waals surface area contributed by atoms with E-state index in [1.807, 2.05) is 12.1 Å². The summed E-state index contributed by atoms with van der Waals surface area (Å²) >= 11 is 3.42. The molecule has 0 radical (unpaired) electrons. The molecule has 9 heteroatoms. The van der Waals surface area contributed by atoms with Crippen molar-refractivity contribution in [3.63, 3.8) is 0 Å². The third-order valence-electron chi connectivity index (χ3n) is 4.91. The van der Waals surface area contributed by atoms with Gasteiger partial charge in [-0.25, -0.2) is 9.37 Å². The molecule has 0 unspecified atom stereocenters. The van der Waals surface area contributed by atoms with Crippen LogP contribution in [0.15, 0.2) is 36.5 Å². The Morgan fingerprint density at radius 3 is 2.93 bits per heavy atom. The number of nitrogens with one attached hydrogen (secondary N) is 2. The highest BCUT2D eigenvalue weighted by atomic mass is 127. The molecule has 1 amide bonds. The van der Waals surface area contributed by atoms with Crippen molar-refractivity contribution in [3.05, 3.63) is 51.5 Å². The van der Waals surface area contributed by atoms with Crippen molar-refractivity contribution in [3.8, 4) is 0 Å². The molecule has 30 heavy (non-hydrogen) atoms. The van der Waals surface area contributed by atoms with E-state index in [-0.39, 0.29) is 11.7 Å². The molecule has 0 spiro atoms. The van der Waals surface area contributed by atoms with E-state index in [1.165, 1.54) is 17.4 Å². The number of hydrogen-bond acceptors (Lipinski definition) is 6. The van der Waals surface area contributed by atoms with Crippen molar-refractivity contribution < 1.29 is 13.9 Å². The number of pyridine rings is 1. The van der Waals surface area contributed by atoms with Crippen LogP contribution in [-0.4, -0.2) is 55.2 Å². The summed E-state index contributed by atoms with van der Waals surface area (Å²) in [5.74, 6) is -0.533. The highest BCUT2D eigenvalue weighted by Gasteiger charge is 2.20. The van der Waals surface area contributed by atoms with Crippen molar-refractivity contribution in [1.29, 1.82) is 0 Å². The van der Waals surface area contributed by atoms with Gasteiger partial charge in [0.15, 0.2) is 0 Å². The van der Waals surface area contributed by atoms with Crippen molar-refractivity contribution in [2.45, 2.75) is 6.42 Å². The number of aromatic nitrogens is 1. The molecule has 3 heterocycles. The second-order valence-corrected chi connectivity index (χ2v) is 9.22. The Kier molecular flexibility index (Phi) is 7.13. The quantitative estimate of drug-likeness (QED) is 0.347. The summed E-state index contributed by atoms with van der Waals surface area (Å²) in [7, 11) is 0. The molecule has 1 aliphatic rings. The summed E-state index contributed by atoms with van der Waals surface area (Å²) in [6.07, 6.45) is 2.55. The smallest absolute Gasteiger partial charge is 0.254 e. The van der Waals surface area contributed by atoms with E-state index in [2.05, 4.69) is 43.1 Å². The molecule has 1 aromatic carbocycles. The molecular formula is C21H22FIN4O2S. The van der Waals surface area contributed by atoms with Gasteiger partial charge in [0.1, 0.15) is 15.6 Å². The van der Waals surface area contributed by atoms with E-state index < -0.39 is 0 Å². The lowest BCUT2D eigenvalue weighted by molar-refractivity contribution is 0.0374. The topological polar surface area (TPSA) is 66.5 Å². The molecule has 6 nitrogen and oxygen atoms in total. The number of thiophene rings is 1. The molecule has 0 saturated carbocycles. The fraction of sp³-hybridized carbons (Fsp3) is 0.333. The summed E-state index contributed by atoms with van der Waals surface area (Å²) in [5, 5.41) is 7.47. The van der Waals surface area contributed by atoms with Crippen LogP contribution in [0.25, 0.3) is 10.2 Å². The zero-order valence-corrected chi connectivity index (χ0v) is 19.3. The molecule has 1 saturated heterocycles. The first-order chi connectivity index (χ1) is 14.6. The average Bonchev–Trinajstić information content (AvgIpc) is 3.12. The lowest BCUT2D eigenvalue weighted by Crippen LogP contribution is -2.38. The molecule has 4 rings (SSSR count). The fourth-order valence-corrected chi connectivity index (χ4v) is 4.88. The number of rotatable bonds is 7. The zero-order valence-electron chi connectivity index (χ0n) is 16.3.